The normalized spacial score (nSPS) is 32.0. The number of aryl methyl sites for hydroxylation is 1. The first-order valence-corrected chi connectivity index (χ1v) is 5.87. The van der Waals surface area contributed by atoms with Gasteiger partial charge >= 0.3 is 0 Å². The van der Waals surface area contributed by atoms with Crippen molar-refractivity contribution >= 4 is 11.6 Å². The van der Waals surface area contributed by atoms with Gasteiger partial charge in [-0.15, -0.1) is 0 Å². The number of hydrogen-bond acceptors (Lipinski definition) is 0. The molecular weight excluding hydrogens is 465 g/mol. The van der Waals surface area contributed by atoms with Crippen LogP contribution in [-0.4, -0.2) is 4.87 Å². The summed E-state index contributed by atoms with van der Waals surface area (Å²) in [6.07, 6.45) is 2.13. The van der Waals surface area contributed by atoms with Gasteiger partial charge in [0.1, 0.15) is 0 Å². The molecule has 0 spiro atoms. The molecule has 1 aromatic carbocycles. The van der Waals surface area contributed by atoms with Crippen LogP contribution < -0.4 is 0 Å². The van der Waals surface area contributed by atoms with Crippen LogP contribution >= 0.6 is 11.6 Å². The molecule has 1 aliphatic rings. The first kappa shape index (κ1) is 14.8. The predicted octanol–water partition coefficient (Wildman–Crippen LogP) is 3.44. The molecule has 1 aliphatic carbocycles. The Balaban J connectivity index is 0.00000128. The van der Waals surface area contributed by atoms with E-state index in [2.05, 4.69) is 26.3 Å². The van der Waals surface area contributed by atoms with Gasteiger partial charge in [0.05, 0.1) is 6.92 Å². The van der Waals surface area contributed by atoms with Gasteiger partial charge in [0.15, 0.2) is 16.5 Å². The zero-order valence-electron chi connectivity index (χ0n) is 9.46. The van der Waals surface area contributed by atoms with Crippen LogP contribution in [-0.2, 0) is 0 Å². The molecule has 1 saturated carbocycles. The topological polar surface area (TPSA) is 0 Å². The van der Waals surface area contributed by atoms with E-state index in [-0.39, 0.29) is 36.0 Å². The van der Waals surface area contributed by atoms with Gasteiger partial charge in [-0.05, 0) is 18.1 Å². The fourth-order valence-electron chi connectivity index (χ4n) is 2.35. The number of benzene rings is 1. The van der Waals surface area contributed by atoms with Gasteiger partial charge in [-0.1, -0.05) is 23.6 Å². The van der Waals surface area contributed by atoms with Crippen molar-refractivity contribution in [3.8, 4) is 0 Å². The Bertz CT molecular complexity index is 367. The number of halogens is 2. The Labute approximate surface area is 131 Å². The van der Waals surface area contributed by atoms with Crippen molar-refractivity contribution in [2.45, 2.75) is 24.6 Å². The Morgan fingerprint density at radius 1 is 1.44 bits per heavy atom. The van der Waals surface area contributed by atoms with Crippen LogP contribution in [0.5, 0.6) is 0 Å². The van der Waals surface area contributed by atoms with E-state index in [1.165, 1.54) is 11.1 Å². The molecule has 1 fully saturated rings. The van der Waals surface area contributed by atoms with E-state index in [0.717, 1.165) is 5.02 Å². The van der Waals surface area contributed by atoms with Crippen LogP contribution in [0.1, 0.15) is 24.0 Å². The van der Waals surface area contributed by atoms with Crippen LogP contribution in [0.4, 0.5) is 0 Å². The third-order valence-corrected chi connectivity index (χ3v) is 3.84. The van der Waals surface area contributed by atoms with Crippen LogP contribution in [0.15, 0.2) is 18.2 Å². The summed E-state index contributed by atoms with van der Waals surface area (Å²) in [5.74, 6) is 0.695. The minimum atomic E-state index is -0.357. The monoisotopic (exact) mass is 479 g/mol. The van der Waals surface area contributed by atoms with E-state index in [9.17, 15) is 0 Å². The number of alkyl halides is 1. The molecule has 0 nitrogen and oxygen atoms in total. The predicted molar refractivity (Wildman–Crippen MR) is 61.9 cm³/mol. The Hall–Kier alpha value is 0.722. The van der Waals surface area contributed by atoms with Gasteiger partial charge < -0.3 is 6.42 Å². The minimum absolute atomic E-state index is 0. The number of rotatable bonds is 2. The smallest absolute Gasteiger partial charge is 0.226 e. The Kier molecular flexibility index (Phi) is 4.76. The maximum atomic E-state index is 6.34. The average molecular weight is 480 g/mol. The van der Waals surface area contributed by atoms with E-state index in [4.69, 9.17) is 23.2 Å². The fourth-order valence-corrected chi connectivity index (χ4v) is 3.12. The van der Waals surface area contributed by atoms with Crippen molar-refractivity contribution in [3.05, 3.63) is 47.7 Å². The van der Waals surface area contributed by atoms with Crippen LogP contribution in [0.3, 0.4) is 0 Å². The van der Waals surface area contributed by atoms with Crippen molar-refractivity contribution < 1.29 is 42.7 Å². The second-order valence-electron chi connectivity index (χ2n) is 4.34. The van der Waals surface area contributed by atoms with E-state index in [1.54, 1.807) is 0 Å². The molecule has 1 aromatic rings. The molecule has 3 atom stereocenters. The van der Waals surface area contributed by atoms with Crippen LogP contribution in [0, 0.1) is 68.9 Å². The second kappa shape index (κ2) is 5.15. The van der Waals surface area contributed by atoms with E-state index < -0.39 is 0 Å². The minimum Gasteiger partial charge on any atom is -0.322 e. The zero-order valence-corrected chi connectivity index (χ0v) is 15.2. The van der Waals surface area contributed by atoms with Crippen LogP contribution in [0.2, 0.25) is 5.02 Å². The molecule has 16 heavy (non-hydrogen) atoms. The van der Waals surface area contributed by atoms with Gasteiger partial charge in [0.25, 0.3) is 0 Å². The standard InChI is InChI=1S/C13H15Cl2.U/c1-4-11-12(13(11,3)15)9-5-8(2)6-10(14)7-9;/h4-7,11-12,14H,3H2,1-2H3;/q+1;. The third-order valence-electron chi connectivity index (χ3n) is 3.11. The summed E-state index contributed by atoms with van der Waals surface area (Å²) in [5.41, 5.74) is 2.43. The molecule has 3 unspecified atom stereocenters. The third kappa shape index (κ3) is 2.59. The molecule has 0 N–H and O–H groups in total. The van der Waals surface area contributed by atoms with Crippen molar-refractivity contribution in [3.63, 3.8) is 0 Å². The molecule has 0 aliphatic heterocycles. The summed E-state index contributed by atoms with van der Waals surface area (Å²) in [7, 11) is 0. The van der Waals surface area contributed by atoms with Gasteiger partial charge in [-0.2, -0.15) is 6.92 Å². The van der Waals surface area contributed by atoms with Crippen molar-refractivity contribution in [2.75, 3.05) is 0 Å². The zero-order chi connectivity index (χ0) is 11.2. The molecule has 0 aromatic heterocycles. The van der Waals surface area contributed by atoms with E-state index in [1.807, 2.05) is 19.1 Å². The van der Waals surface area contributed by atoms with Gasteiger partial charge in [0, 0.05) is 49.2 Å². The van der Waals surface area contributed by atoms with Gasteiger partial charge in [0.2, 0.25) is 5.02 Å². The van der Waals surface area contributed by atoms with Gasteiger partial charge in [-0.25, -0.2) is 0 Å². The number of hydrogen-bond donors (Lipinski definition) is 0. The van der Waals surface area contributed by atoms with Crippen LogP contribution in [0.25, 0.3) is 0 Å². The maximum absolute atomic E-state index is 6.34. The molecule has 0 amide bonds. The molecule has 0 saturated heterocycles. The summed E-state index contributed by atoms with van der Waals surface area (Å²) in [4.78, 5) is -0.357. The quantitative estimate of drug-likeness (QED) is 0.450. The summed E-state index contributed by atoms with van der Waals surface area (Å²) >= 11 is 11.5. The molecular formula is C13H15Cl2U+. The summed E-state index contributed by atoms with van der Waals surface area (Å²) in [6.45, 7) is 8.15. The first-order valence-electron chi connectivity index (χ1n) is 5.09. The Morgan fingerprint density at radius 2 is 2.06 bits per heavy atom. The molecule has 0 bridgehead atoms. The maximum Gasteiger partial charge on any atom is 0.226 e. The first-order chi connectivity index (χ1) is 6.96. The summed E-state index contributed by atoms with van der Waals surface area (Å²) in [6, 6.07) is 6.20. The summed E-state index contributed by atoms with van der Waals surface area (Å²) < 4.78 is 0. The fraction of sp³-hybridized carbons (Fsp3) is 0.385. The van der Waals surface area contributed by atoms with Crippen molar-refractivity contribution in [1.82, 2.24) is 0 Å². The second-order valence-corrected chi connectivity index (χ2v) is 5.52. The Morgan fingerprint density at radius 3 is 2.50 bits per heavy atom. The average Bonchev–Trinajstić information content (AvgIpc) is 2.66. The molecule has 84 valence electrons. The van der Waals surface area contributed by atoms with Crippen molar-refractivity contribution in [1.29, 1.82) is 0 Å². The molecule has 3 heteroatoms. The molecule has 0 radical (unpaired) electrons. The SMILES string of the molecule is [CH2+]C1(Cl)C([CH-]C)C1c1cc(C)cc([ClH+])c1.[U]. The van der Waals surface area contributed by atoms with E-state index >= 15 is 0 Å². The van der Waals surface area contributed by atoms with Gasteiger partial charge in [-0.3, -0.25) is 0 Å². The molecule has 2 rings (SSSR count). The van der Waals surface area contributed by atoms with Crippen molar-refractivity contribution in [2.24, 2.45) is 5.92 Å². The largest absolute Gasteiger partial charge is 0.322 e. The molecule has 0 heterocycles. The van der Waals surface area contributed by atoms with E-state index in [0.29, 0.717) is 11.8 Å². The summed E-state index contributed by atoms with van der Waals surface area (Å²) in [5, 5.41) is 0.888.